The molecule has 0 aromatic carbocycles. The van der Waals surface area contributed by atoms with Crippen molar-refractivity contribution in [3.8, 4) is 0 Å². The second-order valence-corrected chi connectivity index (χ2v) is 6.04. The summed E-state index contributed by atoms with van der Waals surface area (Å²) >= 11 is 2.91. The summed E-state index contributed by atoms with van der Waals surface area (Å²) in [4.78, 5) is 13.4. The maximum Gasteiger partial charge on any atom is 0.176 e. The molecule has 6 nitrogen and oxygen atoms in total. The number of hydrogen-bond donors (Lipinski definition) is 1. The van der Waals surface area contributed by atoms with E-state index in [1.165, 1.54) is 23.3 Å². The van der Waals surface area contributed by atoms with Crippen molar-refractivity contribution in [2.45, 2.75) is 29.6 Å². The first-order chi connectivity index (χ1) is 9.80. The van der Waals surface area contributed by atoms with Crippen LogP contribution in [0.4, 0.5) is 5.82 Å². The van der Waals surface area contributed by atoms with Crippen molar-refractivity contribution in [2.75, 3.05) is 11.9 Å². The van der Waals surface area contributed by atoms with Gasteiger partial charge in [-0.2, -0.15) is 4.37 Å². The minimum Gasteiger partial charge on any atom is -0.369 e. The van der Waals surface area contributed by atoms with Gasteiger partial charge in [-0.25, -0.2) is 15.0 Å². The Morgan fingerprint density at radius 1 is 1.35 bits per heavy atom. The smallest absolute Gasteiger partial charge is 0.176 e. The molecule has 0 amide bonds. The average Bonchev–Trinajstić information content (AvgIpc) is 3.07. The second-order valence-electron chi connectivity index (χ2n) is 4.05. The van der Waals surface area contributed by atoms with E-state index in [2.05, 4.69) is 24.6 Å². The van der Waals surface area contributed by atoms with Crippen LogP contribution in [0, 0.1) is 0 Å². The van der Waals surface area contributed by atoms with Crippen LogP contribution in [0.5, 0.6) is 0 Å². The number of nitrogens with one attached hydrogen (secondary N) is 1. The Kier molecular flexibility index (Phi) is 3.83. The highest BCUT2D eigenvalue weighted by Crippen LogP contribution is 2.31. The van der Waals surface area contributed by atoms with Crippen LogP contribution < -0.4 is 5.32 Å². The molecule has 0 radical (unpaired) electrons. The van der Waals surface area contributed by atoms with E-state index < -0.39 is 0 Å². The van der Waals surface area contributed by atoms with Crippen molar-refractivity contribution < 1.29 is 0 Å². The zero-order valence-electron chi connectivity index (χ0n) is 11.2. The number of hydrogen-bond acceptors (Lipinski definition) is 7. The van der Waals surface area contributed by atoms with Gasteiger partial charge in [0, 0.05) is 25.4 Å². The molecule has 20 heavy (non-hydrogen) atoms. The molecule has 1 N–H and O–H groups in total. The van der Waals surface area contributed by atoms with Gasteiger partial charge in [0.25, 0.3) is 0 Å². The summed E-state index contributed by atoms with van der Waals surface area (Å²) in [6.07, 6.45) is 6.47. The van der Waals surface area contributed by atoms with Gasteiger partial charge in [0.2, 0.25) is 0 Å². The lowest BCUT2D eigenvalue weighted by Gasteiger charge is -2.06. The highest BCUT2D eigenvalue weighted by molar-refractivity contribution is 8.01. The molecule has 0 aliphatic carbocycles. The molecule has 0 fully saturated rings. The van der Waals surface area contributed by atoms with Crippen LogP contribution in [0.2, 0.25) is 0 Å². The van der Waals surface area contributed by atoms with Crippen LogP contribution in [-0.2, 0) is 6.42 Å². The molecule has 0 aliphatic heterocycles. The maximum atomic E-state index is 4.60. The van der Waals surface area contributed by atoms with Crippen molar-refractivity contribution in [1.82, 2.24) is 23.7 Å². The molecular weight excluding hydrogens is 292 g/mol. The monoisotopic (exact) mass is 306 g/mol. The van der Waals surface area contributed by atoms with Crippen molar-refractivity contribution in [3.05, 3.63) is 24.4 Å². The van der Waals surface area contributed by atoms with Gasteiger partial charge >= 0.3 is 0 Å². The number of aryl methyl sites for hydroxylation is 1. The Balaban J connectivity index is 1.98. The van der Waals surface area contributed by atoms with Gasteiger partial charge in [-0.05, 0) is 30.2 Å². The molecule has 0 atom stereocenters. The first-order valence-corrected chi connectivity index (χ1v) is 7.97. The molecule has 104 valence electrons. The summed E-state index contributed by atoms with van der Waals surface area (Å²) in [6.45, 7) is 4.92. The largest absolute Gasteiger partial charge is 0.369 e. The van der Waals surface area contributed by atoms with Crippen LogP contribution in [0.15, 0.2) is 28.0 Å². The molecule has 3 aromatic heterocycles. The molecule has 3 heterocycles. The summed E-state index contributed by atoms with van der Waals surface area (Å²) in [5.74, 6) is 1.71. The SMILES string of the molecule is CCNc1cn2ccnc2c(Sc2nc(CC)ns2)n1. The first-order valence-electron chi connectivity index (χ1n) is 6.38. The molecule has 0 aliphatic rings. The summed E-state index contributed by atoms with van der Waals surface area (Å²) in [7, 11) is 0. The topological polar surface area (TPSA) is 68.0 Å². The summed E-state index contributed by atoms with van der Waals surface area (Å²) in [5.41, 5.74) is 0.838. The zero-order chi connectivity index (χ0) is 13.9. The lowest BCUT2D eigenvalue weighted by Crippen LogP contribution is -2.02. The third-order valence-electron chi connectivity index (χ3n) is 2.65. The first kappa shape index (κ1) is 13.3. The van der Waals surface area contributed by atoms with E-state index in [0.717, 1.165) is 39.6 Å². The summed E-state index contributed by atoms with van der Waals surface area (Å²) < 4.78 is 7.16. The van der Waals surface area contributed by atoms with Gasteiger partial charge in [-0.3, -0.25) is 0 Å². The van der Waals surface area contributed by atoms with E-state index in [1.54, 1.807) is 6.20 Å². The molecule has 0 saturated heterocycles. The Labute approximate surface area is 124 Å². The Morgan fingerprint density at radius 2 is 2.25 bits per heavy atom. The molecule has 0 bridgehead atoms. The third-order valence-corrected chi connectivity index (χ3v) is 4.41. The molecule has 3 rings (SSSR count). The normalized spacial score (nSPS) is 11.1. The highest BCUT2D eigenvalue weighted by atomic mass is 32.2. The quantitative estimate of drug-likeness (QED) is 0.781. The number of rotatable bonds is 5. The number of nitrogens with zero attached hydrogens (tertiary/aromatic N) is 5. The van der Waals surface area contributed by atoms with E-state index in [1.807, 2.05) is 30.6 Å². The molecule has 0 saturated carbocycles. The van der Waals surface area contributed by atoms with Crippen LogP contribution >= 0.6 is 23.3 Å². The van der Waals surface area contributed by atoms with E-state index in [0.29, 0.717) is 0 Å². The lowest BCUT2D eigenvalue weighted by atomic mass is 10.5. The summed E-state index contributed by atoms with van der Waals surface area (Å²) in [6, 6.07) is 0. The Bertz CT molecular complexity index is 720. The summed E-state index contributed by atoms with van der Waals surface area (Å²) in [5, 5.41) is 4.07. The Morgan fingerprint density at radius 3 is 3.00 bits per heavy atom. The van der Waals surface area contributed by atoms with Crippen molar-refractivity contribution in [2.24, 2.45) is 0 Å². The fourth-order valence-electron chi connectivity index (χ4n) is 1.74. The fourth-order valence-corrected chi connectivity index (χ4v) is 3.45. The van der Waals surface area contributed by atoms with Gasteiger partial charge < -0.3 is 9.72 Å². The number of anilines is 1. The number of aromatic nitrogens is 5. The Hall–Kier alpha value is -1.67. The zero-order valence-corrected chi connectivity index (χ0v) is 12.8. The second kappa shape index (κ2) is 5.76. The molecule has 0 spiro atoms. The van der Waals surface area contributed by atoms with Crippen molar-refractivity contribution >= 4 is 34.8 Å². The molecule has 8 heteroatoms. The maximum absolute atomic E-state index is 4.60. The molecule has 3 aromatic rings. The highest BCUT2D eigenvalue weighted by Gasteiger charge is 2.12. The number of imidazole rings is 1. The van der Waals surface area contributed by atoms with E-state index in [4.69, 9.17) is 0 Å². The van der Waals surface area contributed by atoms with Gasteiger partial charge in [-0.1, -0.05) is 6.92 Å². The van der Waals surface area contributed by atoms with Crippen LogP contribution in [0.1, 0.15) is 19.7 Å². The fraction of sp³-hybridized carbons (Fsp3) is 0.333. The molecular formula is C12H14N6S2. The molecule has 0 unspecified atom stereocenters. The van der Waals surface area contributed by atoms with Crippen LogP contribution in [-0.4, -0.2) is 30.3 Å². The van der Waals surface area contributed by atoms with Gasteiger partial charge in [0.05, 0.1) is 6.20 Å². The average molecular weight is 306 g/mol. The number of fused-ring (bicyclic) bond motifs is 1. The third kappa shape index (κ3) is 2.61. The predicted molar refractivity (Wildman–Crippen MR) is 80.6 cm³/mol. The minimum absolute atomic E-state index is 0.829. The van der Waals surface area contributed by atoms with Crippen LogP contribution in [0.3, 0.4) is 0 Å². The minimum atomic E-state index is 0.829. The van der Waals surface area contributed by atoms with E-state index in [-0.39, 0.29) is 0 Å². The van der Waals surface area contributed by atoms with Crippen molar-refractivity contribution in [1.29, 1.82) is 0 Å². The standard InChI is InChI=1S/C12H14N6S2/c1-3-8-16-12(20-17-8)19-11-10-14-5-6-18(10)7-9(15-11)13-4-2/h5-7,13H,3-4H2,1-2H3. The van der Waals surface area contributed by atoms with Crippen LogP contribution in [0.25, 0.3) is 5.65 Å². The van der Waals surface area contributed by atoms with Gasteiger partial charge in [-0.15, -0.1) is 0 Å². The van der Waals surface area contributed by atoms with E-state index in [9.17, 15) is 0 Å². The van der Waals surface area contributed by atoms with Gasteiger partial charge in [0.15, 0.2) is 9.99 Å². The van der Waals surface area contributed by atoms with Gasteiger partial charge in [0.1, 0.15) is 16.7 Å². The van der Waals surface area contributed by atoms with Crippen molar-refractivity contribution in [3.63, 3.8) is 0 Å². The lowest BCUT2D eigenvalue weighted by molar-refractivity contribution is 0.968. The predicted octanol–water partition coefficient (Wildman–Crippen LogP) is 2.73. The van der Waals surface area contributed by atoms with E-state index >= 15 is 0 Å².